The van der Waals surface area contributed by atoms with Crippen LogP contribution in [0.4, 0.5) is 0 Å². The molecule has 0 aromatic heterocycles. The van der Waals surface area contributed by atoms with E-state index >= 15 is 0 Å². The molecule has 2 N–H and O–H groups in total. The van der Waals surface area contributed by atoms with Gasteiger partial charge in [-0.15, -0.1) is 0 Å². The summed E-state index contributed by atoms with van der Waals surface area (Å²) in [5.41, 5.74) is 0. The van der Waals surface area contributed by atoms with Crippen molar-refractivity contribution in [1.82, 2.24) is 20.4 Å². The molecule has 18 heavy (non-hydrogen) atoms. The van der Waals surface area contributed by atoms with Crippen LogP contribution in [0, 0.1) is 5.92 Å². The zero-order valence-electron chi connectivity index (χ0n) is 11.8. The number of likely N-dealkylation sites (tertiary alicyclic amines) is 1. The molecule has 3 atom stereocenters. The molecule has 2 aliphatic rings. The fourth-order valence-corrected chi connectivity index (χ4v) is 2.88. The predicted molar refractivity (Wildman–Crippen MR) is 72.5 cm³/mol. The van der Waals surface area contributed by atoms with Crippen LogP contribution < -0.4 is 10.6 Å². The zero-order valence-corrected chi connectivity index (χ0v) is 11.8. The van der Waals surface area contributed by atoms with E-state index in [1.807, 2.05) is 11.9 Å². The van der Waals surface area contributed by atoms with E-state index in [2.05, 4.69) is 29.5 Å². The van der Waals surface area contributed by atoms with E-state index in [0.29, 0.717) is 12.0 Å². The molecular weight excluding hydrogens is 228 g/mol. The standard InChI is InChI=1S/C13H26N4O/c1-10-6-15-12(7-14-10)13(18)17(3)9-11-4-5-16(2)8-11/h10-12,14-15H,4-9H2,1-3H3. The van der Waals surface area contributed by atoms with Gasteiger partial charge in [-0.05, 0) is 32.9 Å². The number of carbonyl (C=O) groups is 1. The summed E-state index contributed by atoms with van der Waals surface area (Å²) in [5.74, 6) is 0.864. The molecule has 0 radical (unpaired) electrons. The Kier molecular flexibility index (Phi) is 4.59. The molecule has 2 fully saturated rings. The Labute approximate surface area is 110 Å². The van der Waals surface area contributed by atoms with Gasteiger partial charge in [0.2, 0.25) is 5.91 Å². The zero-order chi connectivity index (χ0) is 13.1. The average molecular weight is 254 g/mol. The van der Waals surface area contributed by atoms with Gasteiger partial charge in [0, 0.05) is 39.3 Å². The molecule has 2 saturated heterocycles. The Morgan fingerprint density at radius 1 is 1.39 bits per heavy atom. The van der Waals surface area contributed by atoms with Crippen molar-refractivity contribution in [3.8, 4) is 0 Å². The van der Waals surface area contributed by atoms with Crippen LogP contribution in [0.15, 0.2) is 0 Å². The second-order valence-corrected chi connectivity index (χ2v) is 5.91. The molecule has 0 spiro atoms. The van der Waals surface area contributed by atoms with Crippen LogP contribution in [0.2, 0.25) is 0 Å². The Hall–Kier alpha value is -0.650. The van der Waals surface area contributed by atoms with Crippen molar-refractivity contribution in [2.24, 2.45) is 5.92 Å². The quantitative estimate of drug-likeness (QED) is 0.702. The summed E-state index contributed by atoms with van der Waals surface area (Å²) in [6.45, 7) is 6.91. The number of likely N-dealkylation sites (N-methyl/N-ethyl adjacent to an activating group) is 1. The van der Waals surface area contributed by atoms with Gasteiger partial charge in [0.15, 0.2) is 0 Å². The number of piperazine rings is 1. The first-order valence-corrected chi connectivity index (χ1v) is 6.96. The van der Waals surface area contributed by atoms with E-state index in [9.17, 15) is 4.79 Å². The van der Waals surface area contributed by atoms with Crippen molar-refractivity contribution in [1.29, 1.82) is 0 Å². The summed E-state index contributed by atoms with van der Waals surface area (Å²) < 4.78 is 0. The molecule has 3 unspecified atom stereocenters. The van der Waals surface area contributed by atoms with Crippen molar-refractivity contribution in [2.45, 2.75) is 25.4 Å². The molecule has 2 heterocycles. The van der Waals surface area contributed by atoms with Crippen LogP contribution in [0.3, 0.4) is 0 Å². The van der Waals surface area contributed by atoms with Crippen molar-refractivity contribution < 1.29 is 4.79 Å². The predicted octanol–water partition coefficient (Wildman–Crippen LogP) is -0.654. The maximum atomic E-state index is 12.3. The van der Waals surface area contributed by atoms with Crippen LogP contribution in [0.25, 0.3) is 0 Å². The monoisotopic (exact) mass is 254 g/mol. The lowest BCUT2D eigenvalue weighted by Gasteiger charge is -2.32. The SMILES string of the molecule is CC1CNC(C(=O)N(C)CC2CCN(C)C2)CN1. The first-order chi connectivity index (χ1) is 8.56. The van der Waals surface area contributed by atoms with Gasteiger partial charge in [-0.25, -0.2) is 0 Å². The number of nitrogens with one attached hydrogen (secondary N) is 2. The number of hydrogen-bond donors (Lipinski definition) is 2. The van der Waals surface area contributed by atoms with Gasteiger partial charge in [-0.3, -0.25) is 4.79 Å². The second-order valence-electron chi connectivity index (χ2n) is 5.91. The molecule has 0 bridgehead atoms. The van der Waals surface area contributed by atoms with Gasteiger partial charge in [0.05, 0.1) is 6.04 Å². The fourth-order valence-electron chi connectivity index (χ4n) is 2.88. The Morgan fingerprint density at radius 2 is 2.17 bits per heavy atom. The minimum atomic E-state index is -0.0506. The maximum absolute atomic E-state index is 12.3. The summed E-state index contributed by atoms with van der Waals surface area (Å²) >= 11 is 0. The van der Waals surface area contributed by atoms with E-state index in [-0.39, 0.29) is 11.9 Å². The minimum Gasteiger partial charge on any atom is -0.344 e. The van der Waals surface area contributed by atoms with Gasteiger partial charge >= 0.3 is 0 Å². The van der Waals surface area contributed by atoms with Crippen molar-refractivity contribution in [2.75, 3.05) is 46.8 Å². The van der Waals surface area contributed by atoms with Crippen LogP contribution in [-0.2, 0) is 4.79 Å². The van der Waals surface area contributed by atoms with Crippen molar-refractivity contribution in [3.05, 3.63) is 0 Å². The molecule has 5 heteroatoms. The van der Waals surface area contributed by atoms with Crippen molar-refractivity contribution >= 4 is 5.91 Å². The van der Waals surface area contributed by atoms with Gasteiger partial charge in [0.25, 0.3) is 0 Å². The Morgan fingerprint density at radius 3 is 2.72 bits per heavy atom. The molecule has 0 aliphatic carbocycles. The molecule has 1 amide bonds. The Balaban J connectivity index is 1.77. The number of hydrogen-bond acceptors (Lipinski definition) is 4. The summed E-state index contributed by atoms with van der Waals surface area (Å²) in [6, 6.07) is 0.410. The van der Waals surface area contributed by atoms with Gasteiger partial charge in [-0.1, -0.05) is 0 Å². The lowest BCUT2D eigenvalue weighted by Crippen LogP contribution is -2.59. The van der Waals surface area contributed by atoms with Gasteiger partial charge in [-0.2, -0.15) is 0 Å². The molecule has 5 nitrogen and oxygen atoms in total. The summed E-state index contributed by atoms with van der Waals surface area (Å²) in [5, 5.41) is 6.67. The number of amides is 1. The first kappa shape index (κ1) is 13.8. The van der Waals surface area contributed by atoms with Crippen LogP contribution in [-0.4, -0.2) is 74.6 Å². The largest absolute Gasteiger partial charge is 0.344 e. The Bertz CT molecular complexity index is 289. The molecular formula is C13H26N4O. The normalized spacial score (nSPS) is 33.6. The third-order valence-electron chi connectivity index (χ3n) is 4.04. The van der Waals surface area contributed by atoms with E-state index in [4.69, 9.17) is 0 Å². The number of carbonyl (C=O) groups excluding carboxylic acids is 1. The molecule has 0 saturated carbocycles. The van der Waals surface area contributed by atoms with E-state index < -0.39 is 0 Å². The van der Waals surface area contributed by atoms with E-state index in [0.717, 1.165) is 32.7 Å². The summed E-state index contributed by atoms with van der Waals surface area (Å²) in [4.78, 5) is 16.5. The highest BCUT2D eigenvalue weighted by Gasteiger charge is 2.28. The highest BCUT2D eigenvalue weighted by molar-refractivity contribution is 5.82. The lowest BCUT2D eigenvalue weighted by molar-refractivity contribution is -0.133. The average Bonchev–Trinajstić information content (AvgIpc) is 2.75. The van der Waals surface area contributed by atoms with E-state index in [1.165, 1.54) is 6.42 Å². The smallest absolute Gasteiger partial charge is 0.240 e. The maximum Gasteiger partial charge on any atom is 0.240 e. The summed E-state index contributed by atoms with van der Waals surface area (Å²) in [7, 11) is 4.08. The third-order valence-corrected chi connectivity index (χ3v) is 4.04. The highest BCUT2D eigenvalue weighted by Crippen LogP contribution is 2.15. The minimum absolute atomic E-state index is 0.0506. The second kappa shape index (κ2) is 5.99. The topological polar surface area (TPSA) is 47.6 Å². The van der Waals surface area contributed by atoms with Crippen LogP contribution in [0.5, 0.6) is 0 Å². The summed E-state index contributed by atoms with van der Waals surface area (Å²) in [6.07, 6.45) is 1.21. The van der Waals surface area contributed by atoms with Crippen molar-refractivity contribution in [3.63, 3.8) is 0 Å². The van der Waals surface area contributed by atoms with Crippen LogP contribution >= 0.6 is 0 Å². The highest BCUT2D eigenvalue weighted by atomic mass is 16.2. The first-order valence-electron chi connectivity index (χ1n) is 6.96. The number of rotatable bonds is 3. The fraction of sp³-hybridized carbons (Fsp3) is 0.923. The third kappa shape index (κ3) is 3.43. The van der Waals surface area contributed by atoms with E-state index in [1.54, 1.807) is 0 Å². The lowest BCUT2D eigenvalue weighted by atomic mass is 10.1. The van der Waals surface area contributed by atoms with Crippen LogP contribution in [0.1, 0.15) is 13.3 Å². The molecule has 0 aromatic rings. The molecule has 0 aromatic carbocycles. The number of nitrogens with zero attached hydrogens (tertiary/aromatic N) is 2. The van der Waals surface area contributed by atoms with Gasteiger partial charge in [0.1, 0.15) is 0 Å². The van der Waals surface area contributed by atoms with Gasteiger partial charge < -0.3 is 20.4 Å². The molecule has 104 valence electrons. The molecule has 2 aliphatic heterocycles. The molecule has 2 rings (SSSR count).